The van der Waals surface area contributed by atoms with Crippen LogP contribution in [0.5, 0.6) is 5.75 Å². The molecule has 0 unspecified atom stereocenters. The predicted molar refractivity (Wildman–Crippen MR) is 64.7 cm³/mol. The number of primary amides is 1. The van der Waals surface area contributed by atoms with Crippen LogP contribution in [0, 0.1) is 0 Å². The summed E-state index contributed by atoms with van der Waals surface area (Å²) in [5, 5.41) is 0. The fourth-order valence-corrected chi connectivity index (χ4v) is 1.68. The molecule has 4 heteroatoms. The lowest BCUT2D eigenvalue weighted by molar-refractivity contribution is 0.100. The summed E-state index contributed by atoms with van der Waals surface area (Å²) < 4.78 is 5.24. The van der Waals surface area contributed by atoms with Crippen LogP contribution in [0.25, 0.3) is 11.3 Å². The molecule has 0 fully saturated rings. The second kappa shape index (κ2) is 4.65. The Kier molecular flexibility index (Phi) is 3.05. The smallest absolute Gasteiger partial charge is 0.249 e. The van der Waals surface area contributed by atoms with Crippen LogP contribution in [0.3, 0.4) is 0 Å². The van der Waals surface area contributed by atoms with Gasteiger partial charge in [0.25, 0.3) is 0 Å². The number of carbonyl (C=O) groups is 1. The highest BCUT2D eigenvalue weighted by molar-refractivity contribution is 6.00. The van der Waals surface area contributed by atoms with Gasteiger partial charge in [-0.1, -0.05) is 12.1 Å². The maximum Gasteiger partial charge on any atom is 0.249 e. The standard InChI is InChI=1S/C13H12N2O2/c1-17-11-7-4-5-9(13(14)16)12(11)10-6-2-3-8-15-10/h2-8H,1H3,(H2,14,16). The van der Waals surface area contributed by atoms with Crippen molar-refractivity contribution in [3.8, 4) is 17.0 Å². The van der Waals surface area contributed by atoms with Gasteiger partial charge in [-0.25, -0.2) is 0 Å². The number of pyridine rings is 1. The van der Waals surface area contributed by atoms with Gasteiger partial charge in [0.05, 0.1) is 23.9 Å². The highest BCUT2D eigenvalue weighted by Gasteiger charge is 2.15. The SMILES string of the molecule is COc1cccc(C(N)=O)c1-c1ccccn1. The molecule has 17 heavy (non-hydrogen) atoms. The van der Waals surface area contributed by atoms with Crippen LogP contribution in [0.2, 0.25) is 0 Å². The zero-order valence-corrected chi connectivity index (χ0v) is 9.38. The minimum Gasteiger partial charge on any atom is -0.496 e. The largest absolute Gasteiger partial charge is 0.496 e. The van der Waals surface area contributed by atoms with Crippen molar-refractivity contribution in [2.45, 2.75) is 0 Å². The molecule has 0 bridgehead atoms. The molecular weight excluding hydrogens is 216 g/mol. The van der Waals surface area contributed by atoms with Crippen molar-refractivity contribution in [3.05, 3.63) is 48.2 Å². The van der Waals surface area contributed by atoms with Gasteiger partial charge in [0.2, 0.25) is 5.91 Å². The number of nitrogens with zero attached hydrogens (tertiary/aromatic N) is 1. The summed E-state index contributed by atoms with van der Waals surface area (Å²) in [7, 11) is 1.55. The molecule has 0 atom stereocenters. The van der Waals surface area contributed by atoms with Crippen LogP contribution in [0.4, 0.5) is 0 Å². The number of carbonyl (C=O) groups excluding carboxylic acids is 1. The van der Waals surface area contributed by atoms with Gasteiger partial charge >= 0.3 is 0 Å². The summed E-state index contributed by atoms with van der Waals surface area (Å²) in [5.41, 5.74) is 7.05. The average molecular weight is 228 g/mol. The predicted octanol–water partition coefficient (Wildman–Crippen LogP) is 1.86. The lowest BCUT2D eigenvalue weighted by atomic mass is 10.0. The zero-order chi connectivity index (χ0) is 12.3. The van der Waals surface area contributed by atoms with Crippen LogP contribution in [0.1, 0.15) is 10.4 Å². The van der Waals surface area contributed by atoms with Gasteiger partial charge in [-0.3, -0.25) is 9.78 Å². The molecule has 0 aliphatic carbocycles. The van der Waals surface area contributed by atoms with Gasteiger partial charge in [-0.15, -0.1) is 0 Å². The van der Waals surface area contributed by atoms with Crippen LogP contribution in [-0.4, -0.2) is 18.0 Å². The van der Waals surface area contributed by atoms with E-state index in [0.717, 1.165) is 0 Å². The maximum atomic E-state index is 11.4. The van der Waals surface area contributed by atoms with Crippen LogP contribution in [0.15, 0.2) is 42.6 Å². The van der Waals surface area contributed by atoms with Gasteiger partial charge in [0, 0.05) is 6.20 Å². The number of methoxy groups -OCH3 is 1. The second-order valence-corrected chi connectivity index (χ2v) is 3.46. The molecule has 4 nitrogen and oxygen atoms in total. The van der Waals surface area contributed by atoms with E-state index in [2.05, 4.69) is 4.98 Å². The fraction of sp³-hybridized carbons (Fsp3) is 0.0769. The van der Waals surface area contributed by atoms with Gasteiger partial charge in [-0.2, -0.15) is 0 Å². The topological polar surface area (TPSA) is 65.2 Å². The monoisotopic (exact) mass is 228 g/mol. The Balaban J connectivity index is 2.69. The molecule has 1 aromatic heterocycles. The quantitative estimate of drug-likeness (QED) is 0.871. The van der Waals surface area contributed by atoms with Gasteiger partial charge in [0.1, 0.15) is 5.75 Å². The zero-order valence-electron chi connectivity index (χ0n) is 9.38. The molecule has 1 aromatic carbocycles. The van der Waals surface area contributed by atoms with Crippen molar-refractivity contribution < 1.29 is 9.53 Å². The Morgan fingerprint density at radius 3 is 2.65 bits per heavy atom. The minimum absolute atomic E-state index is 0.406. The Hall–Kier alpha value is -2.36. The Bertz CT molecular complexity index is 538. The number of hydrogen-bond acceptors (Lipinski definition) is 3. The lowest BCUT2D eigenvalue weighted by Gasteiger charge is -2.11. The minimum atomic E-state index is -0.496. The van der Waals surface area contributed by atoms with E-state index in [4.69, 9.17) is 10.5 Å². The fourth-order valence-electron chi connectivity index (χ4n) is 1.68. The first kappa shape index (κ1) is 11.1. The normalized spacial score (nSPS) is 9.94. The first-order valence-corrected chi connectivity index (χ1v) is 5.12. The van der Waals surface area contributed by atoms with Crippen molar-refractivity contribution in [1.82, 2.24) is 4.98 Å². The van der Waals surface area contributed by atoms with E-state index in [1.807, 2.05) is 18.2 Å². The van der Waals surface area contributed by atoms with E-state index in [-0.39, 0.29) is 0 Å². The molecule has 1 heterocycles. The summed E-state index contributed by atoms with van der Waals surface area (Å²) >= 11 is 0. The van der Waals surface area contributed by atoms with E-state index in [9.17, 15) is 4.79 Å². The molecule has 0 saturated carbocycles. The van der Waals surface area contributed by atoms with Crippen LogP contribution in [-0.2, 0) is 0 Å². The number of hydrogen-bond donors (Lipinski definition) is 1. The average Bonchev–Trinajstić information content (AvgIpc) is 2.38. The summed E-state index contributed by atoms with van der Waals surface area (Å²) in [4.78, 5) is 15.6. The first-order chi connectivity index (χ1) is 8.24. The van der Waals surface area contributed by atoms with Crippen molar-refractivity contribution in [2.24, 2.45) is 5.73 Å². The molecule has 1 amide bonds. The number of aromatic nitrogens is 1. The number of benzene rings is 1. The Morgan fingerprint density at radius 1 is 1.24 bits per heavy atom. The molecule has 0 aliphatic heterocycles. The van der Waals surface area contributed by atoms with E-state index in [1.165, 1.54) is 0 Å². The molecule has 0 spiro atoms. The third kappa shape index (κ3) is 2.10. The second-order valence-electron chi connectivity index (χ2n) is 3.46. The first-order valence-electron chi connectivity index (χ1n) is 5.12. The number of rotatable bonds is 3. The van der Waals surface area contributed by atoms with Crippen molar-refractivity contribution >= 4 is 5.91 Å². The summed E-state index contributed by atoms with van der Waals surface area (Å²) in [6, 6.07) is 10.6. The molecule has 0 radical (unpaired) electrons. The summed E-state index contributed by atoms with van der Waals surface area (Å²) in [5.74, 6) is 0.0875. The summed E-state index contributed by atoms with van der Waals surface area (Å²) in [6.07, 6.45) is 1.66. The molecule has 86 valence electrons. The van der Waals surface area contributed by atoms with E-state index >= 15 is 0 Å². The van der Waals surface area contributed by atoms with Crippen molar-refractivity contribution in [1.29, 1.82) is 0 Å². The molecule has 0 aliphatic rings. The van der Waals surface area contributed by atoms with Crippen LogP contribution >= 0.6 is 0 Å². The van der Waals surface area contributed by atoms with Crippen molar-refractivity contribution in [2.75, 3.05) is 7.11 Å². The van der Waals surface area contributed by atoms with Gasteiger partial charge in [0.15, 0.2) is 0 Å². The maximum absolute atomic E-state index is 11.4. The third-order valence-corrected chi connectivity index (χ3v) is 2.43. The highest BCUT2D eigenvalue weighted by atomic mass is 16.5. The Morgan fingerprint density at radius 2 is 2.06 bits per heavy atom. The number of ether oxygens (including phenoxy) is 1. The van der Waals surface area contributed by atoms with E-state index < -0.39 is 5.91 Å². The van der Waals surface area contributed by atoms with Gasteiger partial charge in [-0.05, 0) is 24.3 Å². The summed E-state index contributed by atoms with van der Waals surface area (Å²) in [6.45, 7) is 0. The van der Waals surface area contributed by atoms with Gasteiger partial charge < -0.3 is 10.5 Å². The number of amides is 1. The number of nitrogens with two attached hydrogens (primary N) is 1. The molecule has 2 N–H and O–H groups in total. The molecule has 0 saturated heterocycles. The highest BCUT2D eigenvalue weighted by Crippen LogP contribution is 2.31. The molecular formula is C13H12N2O2. The Labute approximate surface area is 99.1 Å². The molecule has 2 rings (SSSR count). The molecule has 2 aromatic rings. The third-order valence-electron chi connectivity index (χ3n) is 2.43. The lowest BCUT2D eigenvalue weighted by Crippen LogP contribution is -2.13. The van der Waals surface area contributed by atoms with Crippen LogP contribution < -0.4 is 10.5 Å². The van der Waals surface area contributed by atoms with E-state index in [1.54, 1.807) is 31.5 Å². The van der Waals surface area contributed by atoms with E-state index in [0.29, 0.717) is 22.6 Å². The van der Waals surface area contributed by atoms with Crippen molar-refractivity contribution in [3.63, 3.8) is 0 Å².